The van der Waals surface area contributed by atoms with Crippen molar-refractivity contribution >= 4 is 23.2 Å². The zero-order valence-corrected chi connectivity index (χ0v) is 12.9. The number of carbonyl (C=O) groups is 2. The van der Waals surface area contributed by atoms with Crippen LogP contribution in [0.5, 0.6) is 0 Å². The van der Waals surface area contributed by atoms with Crippen LogP contribution >= 0.6 is 0 Å². The average molecular weight is 321 g/mol. The number of hydrogen-bond donors (Lipinski definition) is 2. The van der Waals surface area contributed by atoms with E-state index in [0.29, 0.717) is 11.4 Å². The fourth-order valence-electron chi connectivity index (χ4n) is 2.13. The summed E-state index contributed by atoms with van der Waals surface area (Å²) in [6.07, 6.45) is 1.40. The van der Waals surface area contributed by atoms with Gasteiger partial charge in [0.1, 0.15) is 0 Å². The Morgan fingerprint density at radius 2 is 1.67 bits per heavy atom. The van der Waals surface area contributed by atoms with Gasteiger partial charge in [-0.3, -0.25) is 9.59 Å². The molecule has 0 atom stereocenters. The molecule has 3 aromatic rings. The Balaban J connectivity index is 1.74. The molecule has 0 spiro atoms. The van der Waals surface area contributed by atoms with E-state index in [2.05, 4.69) is 20.8 Å². The molecule has 0 saturated carbocycles. The van der Waals surface area contributed by atoms with Gasteiger partial charge in [-0.1, -0.05) is 24.3 Å². The van der Waals surface area contributed by atoms with Gasteiger partial charge in [0, 0.05) is 18.3 Å². The van der Waals surface area contributed by atoms with Crippen LogP contribution in [0.1, 0.15) is 17.4 Å². The number of amides is 2. The standard InChI is InChI=1S/C17H15N5O2/c1-12(23)19-13-6-5-7-14(10-13)20-17(24)16-11-18-22(21-16)15-8-3-2-4-9-15/h2-11H,1H3,(H,19,23)(H,20,24). The predicted molar refractivity (Wildman–Crippen MR) is 90.1 cm³/mol. The van der Waals surface area contributed by atoms with E-state index in [1.807, 2.05) is 30.3 Å². The number of para-hydroxylation sites is 1. The summed E-state index contributed by atoms with van der Waals surface area (Å²) in [6.45, 7) is 1.42. The second-order valence-corrected chi connectivity index (χ2v) is 5.07. The number of anilines is 2. The molecule has 2 N–H and O–H groups in total. The van der Waals surface area contributed by atoms with E-state index in [0.717, 1.165) is 5.69 Å². The maximum absolute atomic E-state index is 12.3. The summed E-state index contributed by atoms with van der Waals surface area (Å²) in [6, 6.07) is 16.2. The monoisotopic (exact) mass is 321 g/mol. The smallest absolute Gasteiger partial charge is 0.277 e. The van der Waals surface area contributed by atoms with E-state index in [4.69, 9.17) is 0 Å². The molecule has 0 aliphatic heterocycles. The van der Waals surface area contributed by atoms with Crippen LogP contribution < -0.4 is 10.6 Å². The predicted octanol–water partition coefficient (Wildman–Crippen LogP) is 2.48. The van der Waals surface area contributed by atoms with Crippen molar-refractivity contribution in [3.63, 3.8) is 0 Å². The molecule has 0 fully saturated rings. The van der Waals surface area contributed by atoms with Crippen LogP contribution in [0.3, 0.4) is 0 Å². The van der Waals surface area contributed by atoms with Crippen molar-refractivity contribution in [2.45, 2.75) is 6.92 Å². The van der Waals surface area contributed by atoms with Crippen molar-refractivity contribution in [2.24, 2.45) is 0 Å². The molecule has 7 nitrogen and oxygen atoms in total. The van der Waals surface area contributed by atoms with E-state index in [1.54, 1.807) is 24.3 Å². The molecule has 0 aliphatic rings. The molecule has 2 amide bonds. The Kier molecular flexibility index (Phi) is 4.33. The number of carbonyl (C=O) groups excluding carboxylic acids is 2. The number of hydrogen-bond acceptors (Lipinski definition) is 4. The lowest BCUT2D eigenvalue weighted by molar-refractivity contribution is -0.114. The molecule has 3 rings (SSSR count). The van der Waals surface area contributed by atoms with Gasteiger partial charge in [-0.15, -0.1) is 5.10 Å². The summed E-state index contributed by atoms with van der Waals surface area (Å²) >= 11 is 0. The summed E-state index contributed by atoms with van der Waals surface area (Å²) in [5.74, 6) is -0.554. The second kappa shape index (κ2) is 6.74. The van der Waals surface area contributed by atoms with Gasteiger partial charge in [0.2, 0.25) is 5.91 Å². The molecule has 2 aromatic carbocycles. The Bertz CT molecular complexity index is 873. The molecule has 0 bridgehead atoms. The quantitative estimate of drug-likeness (QED) is 0.772. The maximum atomic E-state index is 12.3. The minimum atomic E-state index is -0.378. The van der Waals surface area contributed by atoms with E-state index in [-0.39, 0.29) is 17.5 Å². The van der Waals surface area contributed by atoms with Gasteiger partial charge in [-0.2, -0.15) is 9.90 Å². The third-order valence-corrected chi connectivity index (χ3v) is 3.15. The van der Waals surface area contributed by atoms with Crippen LogP contribution in [0.25, 0.3) is 5.69 Å². The molecule has 0 radical (unpaired) electrons. The van der Waals surface area contributed by atoms with E-state index in [9.17, 15) is 9.59 Å². The molecule has 24 heavy (non-hydrogen) atoms. The normalized spacial score (nSPS) is 10.2. The molecule has 0 unspecified atom stereocenters. The van der Waals surface area contributed by atoms with E-state index in [1.165, 1.54) is 17.9 Å². The lowest BCUT2D eigenvalue weighted by Crippen LogP contribution is -2.13. The molecule has 1 heterocycles. The highest BCUT2D eigenvalue weighted by Gasteiger charge is 2.12. The van der Waals surface area contributed by atoms with Gasteiger partial charge in [0.25, 0.3) is 5.91 Å². The number of nitrogens with one attached hydrogen (secondary N) is 2. The fraction of sp³-hybridized carbons (Fsp3) is 0.0588. The van der Waals surface area contributed by atoms with Crippen LogP contribution in [0.2, 0.25) is 0 Å². The van der Waals surface area contributed by atoms with Crippen molar-refractivity contribution < 1.29 is 9.59 Å². The maximum Gasteiger partial charge on any atom is 0.277 e. The van der Waals surface area contributed by atoms with Gasteiger partial charge in [-0.05, 0) is 30.3 Å². The largest absolute Gasteiger partial charge is 0.326 e. The summed E-state index contributed by atoms with van der Waals surface area (Å²) in [4.78, 5) is 24.8. The van der Waals surface area contributed by atoms with Gasteiger partial charge >= 0.3 is 0 Å². The first kappa shape index (κ1) is 15.4. The Morgan fingerprint density at radius 1 is 0.958 bits per heavy atom. The SMILES string of the molecule is CC(=O)Nc1cccc(NC(=O)c2cnn(-c3ccccc3)n2)c1. The summed E-state index contributed by atoms with van der Waals surface area (Å²) in [5.41, 5.74) is 2.13. The Hall–Kier alpha value is -3.48. The summed E-state index contributed by atoms with van der Waals surface area (Å²) in [7, 11) is 0. The summed E-state index contributed by atoms with van der Waals surface area (Å²) < 4.78 is 0. The zero-order chi connectivity index (χ0) is 16.9. The van der Waals surface area contributed by atoms with Crippen molar-refractivity contribution in [1.29, 1.82) is 0 Å². The highest BCUT2D eigenvalue weighted by atomic mass is 16.2. The van der Waals surface area contributed by atoms with Crippen molar-refractivity contribution in [1.82, 2.24) is 15.0 Å². The highest BCUT2D eigenvalue weighted by Crippen LogP contribution is 2.16. The molecule has 7 heteroatoms. The van der Waals surface area contributed by atoms with Crippen LogP contribution in [-0.2, 0) is 4.79 Å². The highest BCUT2D eigenvalue weighted by molar-refractivity contribution is 6.03. The third kappa shape index (κ3) is 3.64. The molecular formula is C17H15N5O2. The number of rotatable bonds is 4. The molecule has 0 aliphatic carbocycles. The topological polar surface area (TPSA) is 88.9 Å². The van der Waals surface area contributed by atoms with Gasteiger partial charge < -0.3 is 10.6 Å². The number of nitrogens with zero attached hydrogens (tertiary/aromatic N) is 3. The molecule has 0 saturated heterocycles. The third-order valence-electron chi connectivity index (χ3n) is 3.15. The van der Waals surface area contributed by atoms with Crippen molar-refractivity contribution in [3.8, 4) is 5.69 Å². The van der Waals surface area contributed by atoms with E-state index >= 15 is 0 Å². The van der Waals surface area contributed by atoms with E-state index < -0.39 is 0 Å². The van der Waals surface area contributed by atoms with Crippen molar-refractivity contribution in [3.05, 3.63) is 66.5 Å². The molecule has 1 aromatic heterocycles. The minimum absolute atomic E-state index is 0.177. The van der Waals surface area contributed by atoms with Crippen LogP contribution in [-0.4, -0.2) is 26.8 Å². The minimum Gasteiger partial charge on any atom is -0.326 e. The first-order valence-corrected chi connectivity index (χ1v) is 7.28. The molecule has 120 valence electrons. The fourth-order valence-corrected chi connectivity index (χ4v) is 2.13. The van der Waals surface area contributed by atoms with Crippen LogP contribution in [0.4, 0.5) is 11.4 Å². The van der Waals surface area contributed by atoms with Gasteiger partial charge in [0.15, 0.2) is 5.69 Å². The lowest BCUT2D eigenvalue weighted by atomic mass is 10.2. The molecular weight excluding hydrogens is 306 g/mol. The Labute approximate surface area is 138 Å². The van der Waals surface area contributed by atoms with Gasteiger partial charge in [0.05, 0.1) is 11.9 Å². The average Bonchev–Trinajstić information content (AvgIpc) is 3.05. The number of benzene rings is 2. The van der Waals surface area contributed by atoms with Gasteiger partial charge in [-0.25, -0.2) is 0 Å². The number of aromatic nitrogens is 3. The van der Waals surface area contributed by atoms with Crippen LogP contribution in [0.15, 0.2) is 60.8 Å². The zero-order valence-electron chi connectivity index (χ0n) is 12.9. The second-order valence-electron chi connectivity index (χ2n) is 5.07. The lowest BCUT2D eigenvalue weighted by Gasteiger charge is -2.06. The van der Waals surface area contributed by atoms with Crippen molar-refractivity contribution in [2.75, 3.05) is 10.6 Å². The first-order valence-electron chi connectivity index (χ1n) is 7.28. The first-order chi connectivity index (χ1) is 11.6. The van der Waals surface area contributed by atoms with Crippen LogP contribution in [0, 0.1) is 0 Å². The Morgan fingerprint density at radius 3 is 2.38 bits per heavy atom. The summed E-state index contributed by atoms with van der Waals surface area (Å²) in [5, 5.41) is 13.7.